The van der Waals surface area contributed by atoms with E-state index >= 15 is 0 Å². The SMILES string of the molecule is CCc1ccc(-n2nc(C)c(=O)c(-c3ccccc3)c2NC(=O)C2CCCCC2)cc1. The minimum Gasteiger partial charge on any atom is -0.310 e. The van der Waals surface area contributed by atoms with Crippen LogP contribution in [-0.2, 0) is 11.2 Å². The lowest BCUT2D eigenvalue weighted by Gasteiger charge is -2.23. The summed E-state index contributed by atoms with van der Waals surface area (Å²) in [6.07, 6.45) is 6.04. The average molecular weight is 416 g/mol. The molecule has 0 unspecified atom stereocenters. The molecule has 3 aromatic rings. The van der Waals surface area contributed by atoms with Crippen LogP contribution in [0.3, 0.4) is 0 Å². The van der Waals surface area contributed by atoms with E-state index in [-0.39, 0.29) is 17.3 Å². The second-order valence-corrected chi connectivity index (χ2v) is 8.26. The summed E-state index contributed by atoms with van der Waals surface area (Å²) >= 11 is 0. The van der Waals surface area contributed by atoms with Crippen LogP contribution < -0.4 is 10.7 Å². The number of carbonyl (C=O) groups excluding carboxylic acids is 1. The molecule has 1 heterocycles. The second kappa shape index (κ2) is 9.29. The summed E-state index contributed by atoms with van der Waals surface area (Å²) in [7, 11) is 0. The molecule has 1 aliphatic rings. The molecule has 0 saturated heterocycles. The van der Waals surface area contributed by atoms with Crippen LogP contribution in [0.2, 0.25) is 0 Å². The normalized spacial score (nSPS) is 14.4. The molecule has 31 heavy (non-hydrogen) atoms. The van der Waals surface area contributed by atoms with E-state index in [0.29, 0.717) is 17.1 Å². The first-order chi connectivity index (χ1) is 15.1. The monoisotopic (exact) mass is 415 g/mol. The summed E-state index contributed by atoms with van der Waals surface area (Å²) in [6, 6.07) is 17.6. The van der Waals surface area contributed by atoms with Gasteiger partial charge < -0.3 is 5.32 Å². The van der Waals surface area contributed by atoms with Crippen LogP contribution in [0.15, 0.2) is 59.4 Å². The van der Waals surface area contributed by atoms with Crippen LogP contribution in [0.25, 0.3) is 16.8 Å². The van der Waals surface area contributed by atoms with Crippen molar-refractivity contribution in [2.45, 2.75) is 52.4 Å². The molecule has 160 valence electrons. The Labute approximate surface area is 183 Å². The van der Waals surface area contributed by atoms with Gasteiger partial charge in [-0.05, 0) is 49.4 Å². The maximum atomic E-state index is 13.2. The molecular weight excluding hydrogens is 386 g/mol. The number of anilines is 1. The van der Waals surface area contributed by atoms with E-state index in [1.165, 1.54) is 12.0 Å². The fourth-order valence-electron chi connectivity index (χ4n) is 4.27. The molecule has 1 fully saturated rings. The zero-order valence-corrected chi connectivity index (χ0v) is 18.2. The zero-order chi connectivity index (χ0) is 21.8. The minimum atomic E-state index is -0.161. The molecule has 1 aromatic heterocycles. The second-order valence-electron chi connectivity index (χ2n) is 8.26. The highest BCUT2D eigenvalue weighted by Crippen LogP contribution is 2.30. The number of benzene rings is 2. The van der Waals surface area contributed by atoms with E-state index in [1.807, 2.05) is 42.5 Å². The van der Waals surface area contributed by atoms with Gasteiger partial charge in [0.25, 0.3) is 0 Å². The molecule has 0 atom stereocenters. The van der Waals surface area contributed by atoms with Gasteiger partial charge >= 0.3 is 0 Å². The molecule has 2 aromatic carbocycles. The molecule has 1 N–H and O–H groups in total. The summed E-state index contributed by atoms with van der Waals surface area (Å²) < 4.78 is 1.71. The van der Waals surface area contributed by atoms with Gasteiger partial charge in [0.2, 0.25) is 11.3 Å². The van der Waals surface area contributed by atoms with Gasteiger partial charge in [0.15, 0.2) is 0 Å². The van der Waals surface area contributed by atoms with Crippen molar-refractivity contribution >= 4 is 11.7 Å². The van der Waals surface area contributed by atoms with Gasteiger partial charge in [0.1, 0.15) is 11.5 Å². The summed E-state index contributed by atoms with van der Waals surface area (Å²) in [6.45, 7) is 3.83. The highest BCUT2D eigenvalue weighted by Gasteiger charge is 2.25. The van der Waals surface area contributed by atoms with E-state index in [4.69, 9.17) is 0 Å². The van der Waals surface area contributed by atoms with Crippen LogP contribution in [0.1, 0.15) is 50.3 Å². The first-order valence-corrected chi connectivity index (χ1v) is 11.2. The quantitative estimate of drug-likeness (QED) is 0.616. The van der Waals surface area contributed by atoms with Crippen LogP contribution >= 0.6 is 0 Å². The summed E-state index contributed by atoms with van der Waals surface area (Å²) in [5.74, 6) is 0.396. The Morgan fingerprint density at radius 1 is 1.03 bits per heavy atom. The molecular formula is C26H29N3O2. The first kappa shape index (κ1) is 21.0. The van der Waals surface area contributed by atoms with Crippen molar-refractivity contribution in [3.05, 3.63) is 76.1 Å². The average Bonchev–Trinajstić information content (AvgIpc) is 2.82. The number of hydrogen-bond donors (Lipinski definition) is 1. The molecule has 1 aliphatic carbocycles. The van der Waals surface area contributed by atoms with E-state index in [1.54, 1.807) is 11.6 Å². The molecule has 0 aliphatic heterocycles. The highest BCUT2D eigenvalue weighted by molar-refractivity contribution is 5.96. The number of nitrogens with one attached hydrogen (secondary N) is 1. The predicted octanol–water partition coefficient (Wildman–Crippen LogP) is 5.29. The van der Waals surface area contributed by atoms with Gasteiger partial charge in [-0.3, -0.25) is 9.59 Å². The Hall–Kier alpha value is -3.21. The molecule has 1 saturated carbocycles. The zero-order valence-electron chi connectivity index (χ0n) is 18.2. The van der Waals surface area contributed by atoms with E-state index in [0.717, 1.165) is 43.4 Å². The largest absolute Gasteiger partial charge is 0.310 e. The number of carbonyl (C=O) groups is 1. The van der Waals surface area contributed by atoms with Crippen molar-refractivity contribution in [3.63, 3.8) is 0 Å². The van der Waals surface area contributed by atoms with Crippen molar-refractivity contribution in [1.82, 2.24) is 9.78 Å². The number of aromatic nitrogens is 2. The minimum absolute atomic E-state index is 0.0234. The maximum absolute atomic E-state index is 13.2. The van der Waals surface area contributed by atoms with Gasteiger partial charge in [-0.1, -0.05) is 68.7 Å². The van der Waals surface area contributed by atoms with Gasteiger partial charge in [-0.2, -0.15) is 5.10 Å². The smallest absolute Gasteiger partial charge is 0.228 e. The number of amides is 1. The van der Waals surface area contributed by atoms with Crippen molar-refractivity contribution in [1.29, 1.82) is 0 Å². The number of aryl methyl sites for hydroxylation is 2. The Bertz CT molecular complexity index is 1110. The molecule has 0 radical (unpaired) electrons. The van der Waals surface area contributed by atoms with E-state index in [9.17, 15) is 9.59 Å². The molecule has 1 amide bonds. The van der Waals surface area contributed by atoms with E-state index in [2.05, 4.69) is 29.5 Å². The third kappa shape index (κ3) is 4.46. The van der Waals surface area contributed by atoms with Crippen molar-refractivity contribution in [3.8, 4) is 16.8 Å². The molecule has 0 bridgehead atoms. The first-order valence-electron chi connectivity index (χ1n) is 11.2. The van der Waals surface area contributed by atoms with Crippen molar-refractivity contribution < 1.29 is 4.79 Å². The van der Waals surface area contributed by atoms with Crippen LogP contribution in [0, 0.1) is 12.8 Å². The predicted molar refractivity (Wildman–Crippen MR) is 125 cm³/mol. The van der Waals surface area contributed by atoms with Gasteiger partial charge in [-0.25, -0.2) is 4.68 Å². The lowest BCUT2D eigenvalue weighted by molar-refractivity contribution is -0.120. The van der Waals surface area contributed by atoms with Crippen LogP contribution in [0.4, 0.5) is 5.82 Å². The van der Waals surface area contributed by atoms with Crippen LogP contribution in [0.5, 0.6) is 0 Å². The number of nitrogens with zero attached hydrogens (tertiary/aromatic N) is 2. The Kier molecular flexibility index (Phi) is 6.31. The fraction of sp³-hybridized carbons (Fsp3) is 0.346. The highest BCUT2D eigenvalue weighted by atomic mass is 16.2. The van der Waals surface area contributed by atoms with E-state index < -0.39 is 0 Å². The third-order valence-electron chi connectivity index (χ3n) is 6.12. The lowest BCUT2D eigenvalue weighted by Crippen LogP contribution is -2.29. The molecule has 5 heteroatoms. The Morgan fingerprint density at radius 3 is 2.35 bits per heavy atom. The topological polar surface area (TPSA) is 64.0 Å². The van der Waals surface area contributed by atoms with Crippen molar-refractivity contribution in [2.75, 3.05) is 5.32 Å². The van der Waals surface area contributed by atoms with Gasteiger partial charge in [0.05, 0.1) is 11.3 Å². The third-order valence-corrected chi connectivity index (χ3v) is 6.12. The Morgan fingerprint density at radius 2 is 1.71 bits per heavy atom. The van der Waals surface area contributed by atoms with Crippen molar-refractivity contribution in [2.24, 2.45) is 5.92 Å². The fourth-order valence-corrected chi connectivity index (χ4v) is 4.27. The summed E-state index contributed by atoms with van der Waals surface area (Å²) in [5, 5.41) is 7.68. The summed E-state index contributed by atoms with van der Waals surface area (Å²) in [5.41, 5.74) is 3.53. The number of rotatable bonds is 5. The maximum Gasteiger partial charge on any atom is 0.228 e. The van der Waals surface area contributed by atoms with Gasteiger partial charge in [-0.15, -0.1) is 0 Å². The standard InChI is InChI=1S/C26H29N3O2/c1-3-19-14-16-22(17-15-19)29-25(27-26(31)21-12-8-5-9-13-21)23(24(30)18(2)28-29)20-10-6-4-7-11-20/h4,6-7,10-11,14-17,21H,3,5,8-9,12-13H2,1-2H3,(H,27,31). The molecule has 4 rings (SSSR count). The number of hydrogen-bond acceptors (Lipinski definition) is 3. The van der Waals surface area contributed by atoms with Crippen LogP contribution in [-0.4, -0.2) is 15.7 Å². The summed E-state index contributed by atoms with van der Waals surface area (Å²) in [4.78, 5) is 26.4. The van der Waals surface area contributed by atoms with Gasteiger partial charge in [0, 0.05) is 5.92 Å². The molecule has 0 spiro atoms. The lowest BCUT2D eigenvalue weighted by atomic mass is 9.88. The Balaban J connectivity index is 1.87. The molecule has 5 nitrogen and oxygen atoms in total.